The maximum absolute atomic E-state index is 12.1. The Morgan fingerprint density at radius 3 is 2.65 bits per heavy atom. The van der Waals surface area contributed by atoms with Gasteiger partial charge in [0.25, 0.3) is 0 Å². The van der Waals surface area contributed by atoms with Crippen LogP contribution in [0.25, 0.3) is 0 Å². The summed E-state index contributed by atoms with van der Waals surface area (Å²) in [4.78, 5) is 25.8. The molecular formula is C15H28N2O3. The van der Waals surface area contributed by atoms with Gasteiger partial charge in [0.15, 0.2) is 0 Å². The predicted molar refractivity (Wildman–Crippen MR) is 78.2 cm³/mol. The summed E-state index contributed by atoms with van der Waals surface area (Å²) in [5.74, 6) is 0.00232. The van der Waals surface area contributed by atoms with Crippen molar-refractivity contribution >= 4 is 11.9 Å². The Hall–Kier alpha value is -1.10. The molecule has 1 aliphatic heterocycles. The molecule has 0 aromatic rings. The lowest BCUT2D eigenvalue weighted by molar-refractivity contribution is -0.146. The van der Waals surface area contributed by atoms with Crippen LogP contribution in [-0.4, -0.2) is 49.6 Å². The predicted octanol–water partition coefficient (Wildman–Crippen LogP) is 1.42. The van der Waals surface area contributed by atoms with E-state index in [1.165, 1.54) is 7.11 Å². The highest BCUT2D eigenvalue weighted by Crippen LogP contribution is 2.25. The molecule has 3 unspecified atom stereocenters. The number of rotatable bonds is 7. The summed E-state index contributed by atoms with van der Waals surface area (Å²) in [7, 11) is 1.42. The zero-order valence-electron chi connectivity index (χ0n) is 13.1. The maximum atomic E-state index is 12.1. The molecule has 116 valence electrons. The zero-order chi connectivity index (χ0) is 15.1. The lowest BCUT2D eigenvalue weighted by atomic mass is 9.99. The number of amides is 1. The van der Waals surface area contributed by atoms with E-state index in [9.17, 15) is 9.59 Å². The molecule has 0 radical (unpaired) electrons. The van der Waals surface area contributed by atoms with Gasteiger partial charge in [-0.1, -0.05) is 26.7 Å². The van der Waals surface area contributed by atoms with Crippen LogP contribution in [0.1, 0.15) is 40.0 Å². The van der Waals surface area contributed by atoms with E-state index in [0.29, 0.717) is 6.54 Å². The Morgan fingerprint density at radius 1 is 1.35 bits per heavy atom. The molecule has 1 aliphatic rings. The van der Waals surface area contributed by atoms with Crippen LogP contribution in [0.5, 0.6) is 0 Å². The summed E-state index contributed by atoms with van der Waals surface area (Å²) in [6.07, 6.45) is 3.31. The topological polar surface area (TPSA) is 58.6 Å². The van der Waals surface area contributed by atoms with E-state index in [1.807, 2.05) is 13.8 Å². The fraction of sp³-hybridized carbons (Fsp3) is 0.867. The first-order chi connectivity index (χ1) is 9.51. The van der Waals surface area contributed by atoms with Crippen molar-refractivity contribution in [2.75, 3.05) is 26.7 Å². The Labute approximate surface area is 122 Å². The van der Waals surface area contributed by atoms with E-state index in [0.717, 1.165) is 32.4 Å². The van der Waals surface area contributed by atoms with Gasteiger partial charge >= 0.3 is 5.97 Å². The van der Waals surface area contributed by atoms with E-state index >= 15 is 0 Å². The molecule has 0 aromatic carbocycles. The number of nitrogens with zero attached hydrogens (tertiary/aromatic N) is 1. The minimum Gasteiger partial charge on any atom is -0.469 e. The highest BCUT2D eigenvalue weighted by atomic mass is 16.5. The molecule has 1 saturated heterocycles. The highest BCUT2D eigenvalue weighted by molar-refractivity contribution is 5.81. The third-order valence-electron chi connectivity index (χ3n) is 4.15. The minimum absolute atomic E-state index is 0.0545. The van der Waals surface area contributed by atoms with Gasteiger partial charge in [0.1, 0.15) is 0 Å². The smallest absolute Gasteiger partial charge is 0.310 e. The number of unbranched alkanes of at least 4 members (excludes halogenated alkanes) is 2. The Kier molecular flexibility index (Phi) is 6.99. The standard InChI is InChI=1S/C15H28N2O3/c1-5-6-7-8-16-14(18)12(3)17-9-11(2)13(10-17)15(19)20-4/h11-13H,5-10H2,1-4H3,(H,16,18). The van der Waals surface area contributed by atoms with Gasteiger partial charge in [-0.25, -0.2) is 0 Å². The fourth-order valence-electron chi connectivity index (χ4n) is 2.68. The van der Waals surface area contributed by atoms with E-state index in [4.69, 9.17) is 4.74 Å². The second kappa shape index (κ2) is 8.25. The van der Waals surface area contributed by atoms with Crippen molar-refractivity contribution in [3.05, 3.63) is 0 Å². The molecule has 0 saturated carbocycles. The van der Waals surface area contributed by atoms with Crippen LogP contribution in [0.2, 0.25) is 0 Å². The Balaban J connectivity index is 2.42. The van der Waals surface area contributed by atoms with E-state index < -0.39 is 0 Å². The van der Waals surface area contributed by atoms with Crippen LogP contribution >= 0.6 is 0 Å². The number of likely N-dealkylation sites (tertiary alicyclic amines) is 1. The number of hydrogen-bond donors (Lipinski definition) is 1. The summed E-state index contributed by atoms with van der Waals surface area (Å²) in [5.41, 5.74) is 0. The molecule has 0 bridgehead atoms. The summed E-state index contributed by atoms with van der Waals surface area (Å²) < 4.78 is 4.82. The normalized spacial score (nSPS) is 24.4. The van der Waals surface area contributed by atoms with Crippen molar-refractivity contribution in [3.63, 3.8) is 0 Å². The Morgan fingerprint density at radius 2 is 2.05 bits per heavy atom. The molecule has 20 heavy (non-hydrogen) atoms. The molecule has 0 spiro atoms. The molecule has 1 N–H and O–H groups in total. The van der Waals surface area contributed by atoms with Gasteiger partial charge in [0.2, 0.25) is 5.91 Å². The van der Waals surface area contributed by atoms with Crippen LogP contribution in [0.15, 0.2) is 0 Å². The van der Waals surface area contributed by atoms with E-state index in [2.05, 4.69) is 17.1 Å². The number of nitrogens with one attached hydrogen (secondary N) is 1. The van der Waals surface area contributed by atoms with Crippen molar-refractivity contribution < 1.29 is 14.3 Å². The number of carbonyl (C=O) groups is 2. The summed E-state index contributed by atoms with van der Waals surface area (Å²) in [6.45, 7) is 8.19. The number of esters is 1. The van der Waals surface area contributed by atoms with Crippen LogP contribution in [0.4, 0.5) is 0 Å². The molecular weight excluding hydrogens is 256 g/mol. The number of carbonyl (C=O) groups excluding carboxylic acids is 2. The molecule has 3 atom stereocenters. The van der Waals surface area contributed by atoms with Gasteiger partial charge in [0, 0.05) is 19.6 Å². The van der Waals surface area contributed by atoms with Crippen LogP contribution in [0.3, 0.4) is 0 Å². The van der Waals surface area contributed by atoms with Crippen LogP contribution in [0, 0.1) is 11.8 Å². The molecule has 1 rings (SSSR count). The van der Waals surface area contributed by atoms with E-state index in [1.54, 1.807) is 0 Å². The zero-order valence-corrected chi connectivity index (χ0v) is 13.1. The van der Waals surface area contributed by atoms with Crippen molar-refractivity contribution in [1.82, 2.24) is 10.2 Å². The van der Waals surface area contributed by atoms with Gasteiger partial charge in [0.05, 0.1) is 19.1 Å². The maximum Gasteiger partial charge on any atom is 0.310 e. The minimum atomic E-state index is -0.186. The molecule has 5 heteroatoms. The first kappa shape index (κ1) is 17.0. The molecule has 0 aromatic heterocycles. The third-order valence-corrected chi connectivity index (χ3v) is 4.15. The van der Waals surface area contributed by atoms with Gasteiger partial charge in [-0.15, -0.1) is 0 Å². The SMILES string of the molecule is CCCCCNC(=O)C(C)N1CC(C)C(C(=O)OC)C1. The van der Waals surface area contributed by atoms with Crippen molar-refractivity contribution in [1.29, 1.82) is 0 Å². The number of methoxy groups -OCH3 is 1. The second-order valence-electron chi connectivity index (χ2n) is 5.73. The van der Waals surface area contributed by atoms with Crippen LogP contribution in [-0.2, 0) is 14.3 Å². The Bertz CT molecular complexity index is 333. The largest absolute Gasteiger partial charge is 0.469 e. The van der Waals surface area contributed by atoms with E-state index in [-0.39, 0.29) is 29.8 Å². The van der Waals surface area contributed by atoms with Crippen molar-refractivity contribution in [2.24, 2.45) is 11.8 Å². The monoisotopic (exact) mass is 284 g/mol. The average Bonchev–Trinajstić information content (AvgIpc) is 2.83. The van der Waals surface area contributed by atoms with Crippen molar-refractivity contribution in [2.45, 2.75) is 46.1 Å². The molecule has 1 fully saturated rings. The first-order valence-electron chi connectivity index (χ1n) is 7.60. The number of ether oxygens (including phenoxy) is 1. The molecule has 0 aliphatic carbocycles. The fourth-order valence-corrected chi connectivity index (χ4v) is 2.68. The summed E-state index contributed by atoms with van der Waals surface area (Å²) in [5, 5.41) is 2.97. The van der Waals surface area contributed by atoms with Crippen LogP contribution < -0.4 is 5.32 Å². The second-order valence-corrected chi connectivity index (χ2v) is 5.73. The van der Waals surface area contributed by atoms with Crippen molar-refractivity contribution in [3.8, 4) is 0 Å². The molecule has 1 amide bonds. The third kappa shape index (κ3) is 4.47. The number of hydrogen-bond acceptors (Lipinski definition) is 4. The average molecular weight is 284 g/mol. The van der Waals surface area contributed by atoms with Gasteiger partial charge in [-0.3, -0.25) is 14.5 Å². The summed E-state index contributed by atoms with van der Waals surface area (Å²) in [6, 6.07) is -0.186. The quantitative estimate of drug-likeness (QED) is 0.567. The highest BCUT2D eigenvalue weighted by Gasteiger charge is 2.38. The van der Waals surface area contributed by atoms with Gasteiger partial charge in [-0.2, -0.15) is 0 Å². The lowest BCUT2D eigenvalue weighted by Gasteiger charge is -2.23. The van der Waals surface area contributed by atoms with Gasteiger partial charge in [-0.05, 0) is 19.3 Å². The lowest BCUT2D eigenvalue weighted by Crippen LogP contribution is -2.44. The molecule has 1 heterocycles. The summed E-state index contributed by atoms with van der Waals surface area (Å²) >= 11 is 0. The molecule has 5 nitrogen and oxygen atoms in total. The first-order valence-corrected chi connectivity index (χ1v) is 7.60. The van der Waals surface area contributed by atoms with Gasteiger partial charge < -0.3 is 10.1 Å².